The molecule has 3 heterocycles. The van der Waals surface area contributed by atoms with Crippen LogP contribution in [0.2, 0.25) is 0 Å². The molecule has 2 aromatic rings. The lowest BCUT2D eigenvalue weighted by atomic mass is 10.0. The zero-order valence-corrected chi connectivity index (χ0v) is 13.4. The van der Waals surface area contributed by atoms with Crippen LogP contribution < -0.4 is 10.6 Å². The van der Waals surface area contributed by atoms with E-state index in [1.54, 1.807) is 11.3 Å². The standard InChI is InChI=1S/C15H20N4O2S/c1-10-9-11(6-7-16-10)17-13(20)4-5-14-18-15(19-21-14)12-3-2-8-22-12/h2-3,8,10-11,16H,4-7,9H2,1H3,(H,17,20). The molecule has 2 atom stereocenters. The number of rotatable bonds is 5. The molecule has 2 N–H and O–H groups in total. The highest BCUT2D eigenvalue weighted by Crippen LogP contribution is 2.21. The predicted octanol–water partition coefficient (Wildman–Crippen LogP) is 1.99. The third kappa shape index (κ3) is 3.92. The highest BCUT2D eigenvalue weighted by molar-refractivity contribution is 7.13. The Balaban J connectivity index is 1.47. The Bertz CT molecular complexity index is 611. The molecule has 0 aliphatic carbocycles. The van der Waals surface area contributed by atoms with Gasteiger partial charge in [-0.25, -0.2) is 0 Å². The Morgan fingerprint density at radius 3 is 3.27 bits per heavy atom. The molecule has 7 heteroatoms. The molecular weight excluding hydrogens is 300 g/mol. The van der Waals surface area contributed by atoms with Gasteiger partial charge in [-0.2, -0.15) is 4.98 Å². The summed E-state index contributed by atoms with van der Waals surface area (Å²) in [5.41, 5.74) is 0. The van der Waals surface area contributed by atoms with Crippen molar-refractivity contribution in [1.82, 2.24) is 20.8 Å². The summed E-state index contributed by atoms with van der Waals surface area (Å²) in [4.78, 5) is 17.3. The van der Waals surface area contributed by atoms with E-state index in [2.05, 4.69) is 27.7 Å². The van der Waals surface area contributed by atoms with Crippen LogP contribution in [0.4, 0.5) is 0 Å². The molecule has 1 aliphatic rings. The van der Waals surface area contributed by atoms with Crippen molar-refractivity contribution in [2.75, 3.05) is 6.54 Å². The SMILES string of the molecule is CC1CC(NC(=O)CCc2nc(-c3cccs3)no2)CCN1. The first-order valence-electron chi connectivity index (χ1n) is 7.60. The number of thiophene rings is 1. The number of piperidine rings is 1. The molecule has 1 amide bonds. The average Bonchev–Trinajstić information content (AvgIpc) is 3.16. The van der Waals surface area contributed by atoms with Crippen LogP contribution in [0.1, 0.15) is 32.1 Å². The summed E-state index contributed by atoms with van der Waals surface area (Å²) >= 11 is 1.57. The highest BCUT2D eigenvalue weighted by Gasteiger charge is 2.20. The Morgan fingerprint density at radius 1 is 1.59 bits per heavy atom. The molecule has 2 unspecified atom stereocenters. The van der Waals surface area contributed by atoms with Crippen molar-refractivity contribution in [2.24, 2.45) is 0 Å². The summed E-state index contributed by atoms with van der Waals surface area (Å²) in [7, 11) is 0. The first-order valence-corrected chi connectivity index (χ1v) is 8.48. The van der Waals surface area contributed by atoms with Gasteiger partial charge in [-0.3, -0.25) is 4.79 Å². The van der Waals surface area contributed by atoms with Gasteiger partial charge in [-0.15, -0.1) is 11.3 Å². The van der Waals surface area contributed by atoms with Gasteiger partial charge in [0.25, 0.3) is 0 Å². The molecule has 2 aromatic heterocycles. The van der Waals surface area contributed by atoms with Gasteiger partial charge in [0.1, 0.15) is 0 Å². The van der Waals surface area contributed by atoms with Crippen molar-refractivity contribution in [3.63, 3.8) is 0 Å². The molecule has 1 fully saturated rings. The monoisotopic (exact) mass is 320 g/mol. The first kappa shape index (κ1) is 15.2. The lowest BCUT2D eigenvalue weighted by molar-refractivity contribution is -0.122. The summed E-state index contributed by atoms with van der Waals surface area (Å²) in [6.45, 7) is 3.10. The maximum absolute atomic E-state index is 12.0. The van der Waals surface area contributed by atoms with E-state index < -0.39 is 0 Å². The van der Waals surface area contributed by atoms with Gasteiger partial charge >= 0.3 is 0 Å². The second kappa shape index (κ2) is 7.02. The van der Waals surface area contributed by atoms with Crippen molar-refractivity contribution >= 4 is 17.2 Å². The van der Waals surface area contributed by atoms with Crippen LogP contribution in [-0.4, -0.2) is 34.7 Å². The number of hydrogen-bond acceptors (Lipinski definition) is 6. The first-order chi connectivity index (χ1) is 10.7. The topological polar surface area (TPSA) is 80.1 Å². The van der Waals surface area contributed by atoms with Crippen molar-refractivity contribution in [3.05, 3.63) is 23.4 Å². The van der Waals surface area contributed by atoms with E-state index >= 15 is 0 Å². The van der Waals surface area contributed by atoms with E-state index in [1.807, 2.05) is 17.5 Å². The van der Waals surface area contributed by atoms with E-state index in [1.165, 1.54) is 0 Å². The van der Waals surface area contributed by atoms with Gasteiger partial charge in [0.2, 0.25) is 17.6 Å². The fourth-order valence-electron chi connectivity index (χ4n) is 2.65. The molecule has 1 aliphatic heterocycles. The summed E-state index contributed by atoms with van der Waals surface area (Å²) in [5, 5.41) is 12.4. The number of aryl methyl sites for hydroxylation is 1. The quantitative estimate of drug-likeness (QED) is 0.880. The maximum atomic E-state index is 12.0. The second-order valence-corrected chi connectivity index (χ2v) is 6.58. The van der Waals surface area contributed by atoms with Crippen LogP contribution >= 0.6 is 11.3 Å². The van der Waals surface area contributed by atoms with E-state index in [4.69, 9.17) is 4.52 Å². The summed E-state index contributed by atoms with van der Waals surface area (Å²) < 4.78 is 5.20. The van der Waals surface area contributed by atoms with E-state index in [9.17, 15) is 4.79 Å². The summed E-state index contributed by atoms with van der Waals surface area (Å²) in [5.74, 6) is 1.16. The van der Waals surface area contributed by atoms with Crippen molar-refractivity contribution in [3.8, 4) is 10.7 Å². The molecule has 0 bridgehead atoms. The minimum absolute atomic E-state index is 0.0509. The molecule has 118 valence electrons. The van der Waals surface area contributed by atoms with Crippen molar-refractivity contribution in [1.29, 1.82) is 0 Å². The van der Waals surface area contributed by atoms with Gasteiger partial charge in [0.05, 0.1) is 4.88 Å². The number of carbonyl (C=O) groups is 1. The minimum atomic E-state index is 0.0509. The molecule has 0 radical (unpaired) electrons. The summed E-state index contributed by atoms with van der Waals surface area (Å²) in [6, 6.07) is 4.63. The number of aromatic nitrogens is 2. The van der Waals surface area contributed by atoms with E-state index in [0.29, 0.717) is 30.6 Å². The largest absolute Gasteiger partial charge is 0.353 e. The number of hydrogen-bond donors (Lipinski definition) is 2. The second-order valence-electron chi connectivity index (χ2n) is 5.63. The lowest BCUT2D eigenvalue weighted by Gasteiger charge is -2.28. The maximum Gasteiger partial charge on any atom is 0.227 e. The van der Waals surface area contributed by atoms with Crippen molar-refractivity contribution in [2.45, 2.75) is 44.7 Å². The number of carbonyl (C=O) groups excluding carboxylic acids is 1. The number of amides is 1. The van der Waals surface area contributed by atoms with Crippen LogP contribution in [0.3, 0.4) is 0 Å². The van der Waals surface area contributed by atoms with Gasteiger partial charge in [0.15, 0.2) is 0 Å². The minimum Gasteiger partial charge on any atom is -0.353 e. The average molecular weight is 320 g/mol. The molecular formula is C15H20N4O2S. The Kier molecular flexibility index (Phi) is 4.84. The molecule has 1 saturated heterocycles. The van der Waals surface area contributed by atoms with Crippen LogP contribution in [0.25, 0.3) is 10.7 Å². The zero-order chi connectivity index (χ0) is 15.4. The highest BCUT2D eigenvalue weighted by atomic mass is 32.1. The van der Waals surface area contributed by atoms with Crippen LogP contribution in [0, 0.1) is 0 Å². The van der Waals surface area contributed by atoms with Crippen molar-refractivity contribution < 1.29 is 9.32 Å². The fourth-order valence-corrected chi connectivity index (χ4v) is 3.29. The van der Waals surface area contributed by atoms with E-state index in [-0.39, 0.29) is 11.9 Å². The van der Waals surface area contributed by atoms with Gasteiger partial charge < -0.3 is 15.2 Å². The third-order valence-corrected chi connectivity index (χ3v) is 4.63. The Labute approximate surface area is 133 Å². The van der Waals surface area contributed by atoms with Crippen LogP contribution in [0.15, 0.2) is 22.0 Å². The van der Waals surface area contributed by atoms with Gasteiger partial charge in [-0.1, -0.05) is 11.2 Å². The molecule has 0 aromatic carbocycles. The zero-order valence-electron chi connectivity index (χ0n) is 12.5. The van der Waals surface area contributed by atoms with Crippen LogP contribution in [0.5, 0.6) is 0 Å². The van der Waals surface area contributed by atoms with Gasteiger partial charge in [0, 0.05) is 24.9 Å². The molecule has 22 heavy (non-hydrogen) atoms. The smallest absolute Gasteiger partial charge is 0.227 e. The molecule has 0 saturated carbocycles. The normalized spacial score (nSPS) is 21.7. The van der Waals surface area contributed by atoms with E-state index in [0.717, 1.165) is 24.3 Å². The predicted molar refractivity (Wildman–Crippen MR) is 84.6 cm³/mol. The van der Waals surface area contributed by atoms with Crippen LogP contribution in [-0.2, 0) is 11.2 Å². The Hall–Kier alpha value is -1.73. The lowest BCUT2D eigenvalue weighted by Crippen LogP contribution is -2.46. The molecule has 3 rings (SSSR count). The Morgan fingerprint density at radius 2 is 2.50 bits per heavy atom. The number of nitrogens with one attached hydrogen (secondary N) is 2. The fraction of sp³-hybridized carbons (Fsp3) is 0.533. The number of nitrogens with zero attached hydrogens (tertiary/aromatic N) is 2. The molecule has 0 spiro atoms. The van der Waals surface area contributed by atoms with Gasteiger partial charge in [-0.05, 0) is 37.8 Å². The third-order valence-electron chi connectivity index (χ3n) is 3.76. The summed E-state index contributed by atoms with van der Waals surface area (Å²) in [6.07, 6.45) is 2.82. The molecule has 6 nitrogen and oxygen atoms in total.